The number of amidine groups is 1. The molecule has 4 nitrogen and oxygen atoms in total. The number of hydrogen-bond donors (Lipinski definition) is 1. The Morgan fingerprint density at radius 2 is 2.09 bits per heavy atom. The van der Waals surface area contributed by atoms with E-state index in [1.54, 1.807) is 18.5 Å². The lowest BCUT2D eigenvalue weighted by Crippen LogP contribution is -2.21. The molecule has 0 radical (unpaired) electrons. The second-order valence-corrected chi connectivity index (χ2v) is 2.23. The highest BCUT2D eigenvalue weighted by molar-refractivity contribution is 5.96. The minimum Gasteiger partial charge on any atom is -0.365 e. The summed E-state index contributed by atoms with van der Waals surface area (Å²) in [6.07, 6.45) is 3.43. The van der Waals surface area contributed by atoms with E-state index in [9.17, 15) is 0 Å². The molecule has 1 aromatic rings. The first-order valence-corrected chi connectivity index (χ1v) is 3.52. The summed E-state index contributed by atoms with van der Waals surface area (Å²) in [7, 11) is 0. The van der Waals surface area contributed by atoms with Crippen LogP contribution in [0.2, 0.25) is 0 Å². The summed E-state index contributed by atoms with van der Waals surface area (Å²) in [5.41, 5.74) is 0. The molecule has 0 aromatic carbocycles. The summed E-state index contributed by atoms with van der Waals surface area (Å²) in [6, 6.07) is 1.79. The van der Waals surface area contributed by atoms with Gasteiger partial charge in [-0.15, -0.1) is 0 Å². The maximum atomic E-state index is 4.19. The smallest absolute Gasteiger partial charge is 0.194 e. The van der Waals surface area contributed by atoms with Crippen LogP contribution in [0.5, 0.6) is 0 Å². The van der Waals surface area contributed by atoms with E-state index < -0.39 is 0 Å². The summed E-state index contributed by atoms with van der Waals surface area (Å²) in [4.78, 5) is 12.3. The first-order chi connectivity index (χ1) is 5.47. The number of nitrogens with one attached hydrogen (secondary N) is 1. The van der Waals surface area contributed by atoms with E-state index in [1.807, 2.05) is 0 Å². The Labute approximate surface area is 64.4 Å². The highest BCUT2D eigenvalue weighted by Gasteiger charge is 2.08. The second kappa shape index (κ2) is 2.65. The molecule has 56 valence electrons. The van der Waals surface area contributed by atoms with Crippen LogP contribution < -0.4 is 5.32 Å². The third kappa shape index (κ3) is 1.19. The predicted molar refractivity (Wildman–Crippen MR) is 41.4 cm³/mol. The molecule has 0 bridgehead atoms. The van der Waals surface area contributed by atoms with Gasteiger partial charge in [0.2, 0.25) is 0 Å². The maximum absolute atomic E-state index is 4.19. The fourth-order valence-corrected chi connectivity index (χ4v) is 0.969. The normalized spacial score (nSPS) is 15.8. The van der Waals surface area contributed by atoms with Gasteiger partial charge in [0, 0.05) is 18.9 Å². The molecular formula is C7H8N4. The van der Waals surface area contributed by atoms with E-state index in [4.69, 9.17) is 0 Å². The van der Waals surface area contributed by atoms with Crippen LogP contribution in [0.15, 0.2) is 23.5 Å². The van der Waals surface area contributed by atoms with Crippen LogP contribution in [0.25, 0.3) is 0 Å². The third-order valence-corrected chi connectivity index (χ3v) is 1.45. The van der Waals surface area contributed by atoms with Crippen LogP contribution in [0, 0.1) is 0 Å². The highest BCUT2D eigenvalue weighted by Crippen LogP contribution is 1.93. The van der Waals surface area contributed by atoms with Crippen LogP contribution in [-0.2, 0) is 0 Å². The molecule has 0 amide bonds. The second-order valence-electron chi connectivity index (χ2n) is 2.23. The summed E-state index contributed by atoms with van der Waals surface area (Å²) < 4.78 is 0. The van der Waals surface area contributed by atoms with Crippen LogP contribution >= 0.6 is 0 Å². The first-order valence-electron chi connectivity index (χ1n) is 3.52. The lowest BCUT2D eigenvalue weighted by molar-refractivity contribution is 0.954. The Hall–Kier alpha value is -1.45. The molecule has 0 spiro atoms. The molecular weight excluding hydrogens is 140 g/mol. The number of hydrogen-bond acceptors (Lipinski definition) is 4. The largest absolute Gasteiger partial charge is 0.365 e. The van der Waals surface area contributed by atoms with E-state index in [2.05, 4.69) is 20.3 Å². The summed E-state index contributed by atoms with van der Waals surface area (Å²) in [6.45, 7) is 1.72. The van der Waals surface area contributed by atoms with Crippen molar-refractivity contribution in [3.8, 4) is 0 Å². The quantitative estimate of drug-likeness (QED) is 0.601. The average molecular weight is 148 g/mol. The molecule has 1 N–H and O–H groups in total. The minimum atomic E-state index is 0.685. The fourth-order valence-electron chi connectivity index (χ4n) is 0.969. The Kier molecular flexibility index (Phi) is 1.51. The van der Waals surface area contributed by atoms with Crippen molar-refractivity contribution < 1.29 is 0 Å². The van der Waals surface area contributed by atoms with Crippen LogP contribution in [0.3, 0.4) is 0 Å². The monoisotopic (exact) mass is 148 g/mol. The van der Waals surface area contributed by atoms with Crippen molar-refractivity contribution in [2.45, 2.75) is 0 Å². The molecule has 4 heteroatoms. The van der Waals surface area contributed by atoms with Crippen molar-refractivity contribution in [1.29, 1.82) is 0 Å². The van der Waals surface area contributed by atoms with Crippen molar-refractivity contribution in [1.82, 2.24) is 15.3 Å². The van der Waals surface area contributed by atoms with Crippen molar-refractivity contribution in [2.75, 3.05) is 13.1 Å². The van der Waals surface area contributed by atoms with E-state index in [1.165, 1.54) is 0 Å². The van der Waals surface area contributed by atoms with Crippen molar-refractivity contribution >= 4 is 5.84 Å². The standard InChI is InChI=1S/C7H8N4/c1-2-8-6(9-3-1)7-10-4-5-11-7/h1-3H,4-5H2,(H,10,11). The zero-order valence-corrected chi connectivity index (χ0v) is 5.99. The lowest BCUT2D eigenvalue weighted by atomic mass is 10.5. The van der Waals surface area contributed by atoms with Gasteiger partial charge in [0.05, 0.1) is 6.54 Å². The molecule has 1 aliphatic heterocycles. The molecule has 11 heavy (non-hydrogen) atoms. The molecule has 0 atom stereocenters. The number of rotatable bonds is 1. The average Bonchev–Trinajstić information content (AvgIpc) is 2.58. The van der Waals surface area contributed by atoms with E-state index in [0.717, 1.165) is 18.9 Å². The molecule has 1 aromatic heterocycles. The van der Waals surface area contributed by atoms with Crippen LogP contribution in [0.4, 0.5) is 0 Å². The van der Waals surface area contributed by atoms with E-state index in [0.29, 0.717) is 5.82 Å². The van der Waals surface area contributed by atoms with Gasteiger partial charge in [-0.05, 0) is 6.07 Å². The van der Waals surface area contributed by atoms with E-state index in [-0.39, 0.29) is 0 Å². The topological polar surface area (TPSA) is 50.2 Å². The third-order valence-electron chi connectivity index (χ3n) is 1.45. The Balaban J connectivity index is 2.29. The molecule has 0 saturated carbocycles. The van der Waals surface area contributed by atoms with E-state index >= 15 is 0 Å². The van der Waals surface area contributed by atoms with Gasteiger partial charge in [-0.2, -0.15) is 0 Å². The van der Waals surface area contributed by atoms with Gasteiger partial charge in [-0.25, -0.2) is 9.97 Å². The van der Waals surface area contributed by atoms with Gasteiger partial charge < -0.3 is 5.32 Å². The maximum Gasteiger partial charge on any atom is 0.194 e. The van der Waals surface area contributed by atoms with Gasteiger partial charge in [0.15, 0.2) is 11.7 Å². The first kappa shape index (κ1) is 6.27. The van der Waals surface area contributed by atoms with Gasteiger partial charge in [0.1, 0.15) is 0 Å². The summed E-state index contributed by atoms with van der Waals surface area (Å²) in [5.74, 6) is 1.50. The molecule has 0 saturated heterocycles. The molecule has 0 unspecified atom stereocenters. The van der Waals surface area contributed by atoms with Gasteiger partial charge in [0.25, 0.3) is 0 Å². The summed E-state index contributed by atoms with van der Waals surface area (Å²) >= 11 is 0. The number of nitrogens with zero attached hydrogens (tertiary/aromatic N) is 3. The fraction of sp³-hybridized carbons (Fsp3) is 0.286. The number of aliphatic imine (C=N–C) groups is 1. The highest BCUT2D eigenvalue weighted by atomic mass is 15.1. The number of aromatic nitrogens is 2. The molecule has 0 fully saturated rings. The van der Waals surface area contributed by atoms with Crippen molar-refractivity contribution in [2.24, 2.45) is 4.99 Å². The Morgan fingerprint density at radius 3 is 2.73 bits per heavy atom. The van der Waals surface area contributed by atoms with Crippen LogP contribution in [0.1, 0.15) is 5.82 Å². The molecule has 1 aliphatic rings. The molecule has 2 rings (SSSR count). The predicted octanol–water partition coefficient (Wildman–Crippen LogP) is -0.174. The Morgan fingerprint density at radius 1 is 1.27 bits per heavy atom. The van der Waals surface area contributed by atoms with Gasteiger partial charge >= 0.3 is 0 Å². The lowest BCUT2D eigenvalue weighted by Gasteiger charge is -1.97. The van der Waals surface area contributed by atoms with Gasteiger partial charge in [-0.3, -0.25) is 4.99 Å². The summed E-state index contributed by atoms with van der Waals surface area (Å²) in [5, 5.41) is 3.10. The van der Waals surface area contributed by atoms with Crippen molar-refractivity contribution in [3.05, 3.63) is 24.3 Å². The van der Waals surface area contributed by atoms with Crippen molar-refractivity contribution in [3.63, 3.8) is 0 Å². The minimum absolute atomic E-state index is 0.685. The zero-order chi connectivity index (χ0) is 7.52. The molecule has 2 heterocycles. The van der Waals surface area contributed by atoms with Gasteiger partial charge in [-0.1, -0.05) is 0 Å². The van der Waals surface area contributed by atoms with Crippen LogP contribution in [-0.4, -0.2) is 28.9 Å². The SMILES string of the molecule is c1cnc(C2=NCCN2)nc1. The Bertz CT molecular complexity index is 267. The zero-order valence-electron chi connectivity index (χ0n) is 5.99. The molecule has 0 aliphatic carbocycles.